The quantitative estimate of drug-likeness (QED) is 0.517. The fraction of sp³-hybridized carbons (Fsp3) is 0.714. The Morgan fingerprint density at radius 3 is 2.14 bits per heavy atom. The van der Waals surface area contributed by atoms with Crippen molar-refractivity contribution in [3.05, 3.63) is 17.5 Å². The maximum atomic E-state index is 11.6. The molecule has 0 heterocycles. The number of hydrogen-bond donors (Lipinski definition) is 1. The van der Waals surface area contributed by atoms with Crippen LogP contribution < -0.4 is 5.23 Å². The molecular formula is C7H16NO5P. The molecule has 0 aromatic carbocycles. The third-order valence-electron chi connectivity index (χ3n) is 1.12. The molecule has 0 aliphatic carbocycles. The second-order valence-electron chi connectivity index (χ2n) is 2.44. The van der Waals surface area contributed by atoms with Gasteiger partial charge in [0.25, 0.3) is 0 Å². The standard InChI is InChI=1S/C7H16NO5P/c1-5-11-14(10,12-6-2)13-8(9)7(3)4/h8H,3,5-6H2,1-2,4H3. The van der Waals surface area contributed by atoms with Gasteiger partial charge in [0.05, 0.1) is 13.2 Å². The Morgan fingerprint density at radius 1 is 1.43 bits per heavy atom. The van der Waals surface area contributed by atoms with Crippen molar-refractivity contribution in [3.63, 3.8) is 0 Å². The highest BCUT2D eigenvalue weighted by molar-refractivity contribution is 7.48. The van der Waals surface area contributed by atoms with Gasteiger partial charge in [0, 0.05) is 6.92 Å². The zero-order valence-electron chi connectivity index (χ0n) is 8.61. The van der Waals surface area contributed by atoms with E-state index in [4.69, 9.17) is 9.05 Å². The van der Waals surface area contributed by atoms with E-state index in [1.54, 1.807) is 13.8 Å². The molecule has 0 fully saturated rings. The van der Waals surface area contributed by atoms with Crippen molar-refractivity contribution in [2.45, 2.75) is 20.8 Å². The lowest BCUT2D eigenvalue weighted by Crippen LogP contribution is -3.03. The van der Waals surface area contributed by atoms with E-state index in [1.165, 1.54) is 6.92 Å². The molecule has 1 N–H and O–H groups in total. The van der Waals surface area contributed by atoms with Gasteiger partial charge < -0.3 is 5.21 Å². The summed E-state index contributed by atoms with van der Waals surface area (Å²) in [6.07, 6.45) is 0. The van der Waals surface area contributed by atoms with Crippen molar-refractivity contribution in [1.82, 2.24) is 0 Å². The maximum absolute atomic E-state index is 11.6. The first kappa shape index (κ1) is 13.8. The second kappa shape index (κ2) is 6.29. The molecule has 14 heavy (non-hydrogen) atoms. The third-order valence-corrected chi connectivity index (χ3v) is 2.66. The largest absolute Gasteiger partial charge is 0.594 e. The van der Waals surface area contributed by atoms with E-state index in [9.17, 15) is 9.77 Å². The van der Waals surface area contributed by atoms with E-state index in [2.05, 4.69) is 11.2 Å². The lowest BCUT2D eigenvalue weighted by molar-refractivity contribution is -0.992. The van der Waals surface area contributed by atoms with Crippen molar-refractivity contribution in [2.24, 2.45) is 0 Å². The fourth-order valence-electron chi connectivity index (χ4n) is 0.586. The van der Waals surface area contributed by atoms with Crippen molar-refractivity contribution < 1.29 is 23.5 Å². The molecule has 0 aromatic heterocycles. The van der Waals surface area contributed by atoms with E-state index in [-0.39, 0.29) is 18.9 Å². The van der Waals surface area contributed by atoms with Crippen molar-refractivity contribution >= 4 is 7.82 Å². The summed E-state index contributed by atoms with van der Waals surface area (Å²) in [7, 11) is -3.74. The lowest BCUT2D eigenvalue weighted by Gasteiger charge is -2.22. The number of phosphoric ester groups is 1. The molecule has 84 valence electrons. The van der Waals surface area contributed by atoms with Gasteiger partial charge in [0.2, 0.25) is 0 Å². The predicted octanol–water partition coefficient (Wildman–Crippen LogP) is 1.02. The van der Waals surface area contributed by atoms with Gasteiger partial charge in [-0.2, -0.15) is 5.23 Å². The average Bonchev–Trinajstić information content (AvgIpc) is 2.04. The molecule has 0 aromatic rings. The SMILES string of the molecule is C=C(C)[NH+]([O-])OP(=O)(OCC)OCC. The topological polar surface area (TPSA) is 72.3 Å². The molecule has 0 saturated carbocycles. The van der Waals surface area contributed by atoms with Crippen LogP contribution in [0.15, 0.2) is 12.3 Å². The van der Waals surface area contributed by atoms with Gasteiger partial charge in [-0.15, -0.1) is 0 Å². The summed E-state index contributed by atoms with van der Waals surface area (Å²) in [5.41, 5.74) is 0.143. The highest BCUT2D eigenvalue weighted by atomic mass is 31.2. The molecular weight excluding hydrogens is 209 g/mol. The highest BCUT2D eigenvalue weighted by Gasteiger charge is 2.30. The summed E-state index contributed by atoms with van der Waals surface area (Å²) in [6.45, 7) is 8.33. The highest BCUT2D eigenvalue weighted by Crippen LogP contribution is 2.47. The number of nitrogens with one attached hydrogen (secondary N) is 1. The number of quaternary nitrogens is 1. The first-order valence-corrected chi connectivity index (χ1v) is 5.69. The van der Waals surface area contributed by atoms with Gasteiger partial charge in [-0.3, -0.25) is 9.05 Å². The average molecular weight is 225 g/mol. The number of hydroxylamine groups is 2. The van der Waals surface area contributed by atoms with E-state index >= 15 is 0 Å². The summed E-state index contributed by atoms with van der Waals surface area (Å²) in [4.78, 5) is 0. The molecule has 0 rings (SSSR count). The zero-order chi connectivity index (χ0) is 11.2. The molecule has 1 unspecified atom stereocenters. The molecule has 7 heteroatoms. The Bertz CT molecular complexity index is 222. The van der Waals surface area contributed by atoms with Crippen molar-refractivity contribution in [1.29, 1.82) is 0 Å². The third kappa shape index (κ3) is 4.85. The zero-order valence-corrected chi connectivity index (χ0v) is 9.50. The van der Waals surface area contributed by atoms with Gasteiger partial charge in [-0.05, 0) is 20.4 Å². The molecule has 0 saturated heterocycles. The van der Waals surface area contributed by atoms with Gasteiger partial charge >= 0.3 is 7.82 Å². The van der Waals surface area contributed by atoms with Crippen LogP contribution in [-0.4, -0.2) is 13.2 Å². The van der Waals surface area contributed by atoms with E-state index in [1.807, 2.05) is 0 Å². The molecule has 0 aliphatic rings. The van der Waals surface area contributed by atoms with Crippen LogP contribution >= 0.6 is 7.82 Å². The van der Waals surface area contributed by atoms with Crippen LogP contribution in [0.2, 0.25) is 0 Å². The predicted molar refractivity (Wildman–Crippen MR) is 51.1 cm³/mol. The Balaban J connectivity index is 4.35. The minimum atomic E-state index is -3.74. The summed E-state index contributed by atoms with van der Waals surface area (Å²) in [6, 6.07) is 0. The first-order chi connectivity index (χ1) is 6.45. The van der Waals surface area contributed by atoms with Crippen LogP contribution in [0.25, 0.3) is 0 Å². The number of allylic oxidation sites excluding steroid dienone is 1. The number of hydrogen-bond acceptors (Lipinski definition) is 5. The molecule has 0 amide bonds. The maximum Gasteiger partial charge on any atom is 0.521 e. The van der Waals surface area contributed by atoms with Crippen molar-refractivity contribution in [2.75, 3.05) is 13.2 Å². The van der Waals surface area contributed by atoms with Gasteiger partial charge in [0.15, 0.2) is 0 Å². The van der Waals surface area contributed by atoms with Gasteiger partial charge in [0.1, 0.15) is 5.70 Å². The normalized spacial score (nSPS) is 14.0. The minimum absolute atomic E-state index is 0.140. The van der Waals surface area contributed by atoms with Gasteiger partial charge in [-0.25, -0.2) is 4.57 Å². The Morgan fingerprint density at radius 2 is 1.86 bits per heavy atom. The fourth-order valence-corrected chi connectivity index (χ4v) is 1.76. The Hall–Kier alpha value is -0.230. The van der Waals surface area contributed by atoms with Crippen molar-refractivity contribution in [3.8, 4) is 0 Å². The molecule has 6 nitrogen and oxygen atoms in total. The van der Waals surface area contributed by atoms with Crippen LogP contribution in [0.4, 0.5) is 0 Å². The lowest BCUT2D eigenvalue weighted by atomic mass is 10.6. The molecule has 0 spiro atoms. The summed E-state index contributed by atoms with van der Waals surface area (Å²) < 4.78 is 25.6. The Kier molecular flexibility index (Phi) is 6.19. The minimum Gasteiger partial charge on any atom is -0.594 e. The number of rotatable bonds is 7. The smallest absolute Gasteiger partial charge is 0.521 e. The monoisotopic (exact) mass is 225 g/mol. The Labute approximate surface area is 83.6 Å². The van der Waals surface area contributed by atoms with Gasteiger partial charge in [-0.1, -0.05) is 4.62 Å². The van der Waals surface area contributed by atoms with E-state index in [0.717, 1.165) is 0 Å². The first-order valence-electron chi connectivity index (χ1n) is 4.23. The van der Waals surface area contributed by atoms with Crippen LogP contribution in [0.3, 0.4) is 0 Å². The molecule has 0 radical (unpaired) electrons. The van der Waals surface area contributed by atoms with E-state index in [0.29, 0.717) is 0 Å². The van der Waals surface area contributed by atoms with Crippen LogP contribution in [-0.2, 0) is 18.2 Å². The van der Waals surface area contributed by atoms with Crippen LogP contribution in [0.1, 0.15) is 20.8 Å². The van der Waals surface area contributed by atoms with E-state index < -0.39 is 13.0 Å². The second-order valence-corrected chi connectivity index (χ2v) is 4.04. The summed E-state index contributed by atoms with van der Waals surface area (Å²) in [5.74, 6) is 0. The van der Waals surface area contributed by atoms with Crippen LogP contribution in [0.5, 0.6) is 0 Å². The number of phosphoric acid groups is 1. The molecule has 0 aliphatic heterocycles. The van der Waals surface area contributed by atoms with Crippen LogP contribution in [0, 0.1) is 5.21 Å². The molecule has 1 atom stereocenters. The summed E-state index contributed by atoms with van der Waals surface area (Å²) >= 11 is 0. The summed E-state index contributed by atoms with van der Waals surface area (Å²) in [5, 5.41) is 10.3. The molecule has 0 bridgehead atoms.